The summed E-state index contributed by atoms with van der Waals surface area (Å²) in [4.78, 5) is 25.4. The standard InChI is InChI=1S/C27H35F2NO7/c1-4-27(28,29)19-34-16-14-30(26(33)37-23-9-7-6-8-20(23)3)15-17-36-22-12-10-21(11-13-22)18-24(25(31)32)35-5-2/h6-13,24H,4-5,14-19H2,1-3H3,(H,31,32). The van der Waals surface area contributed by atoms with Gasteiger partial charge in [-0.3, -0.25) is 0 Å². The van der Waals surface area contributed by atoms with Crippen molar-refractivity contribution in [3.63, 3.8) is 0 Å². The van der Waals surface area contributed by atoms with Crippen molar-refractivity contribution in [3.8, 4) is 11.5 Å². The van der Waals surface area contributed by atoms with Gasteiger partial charge in [0.15, 0.2) is 6.10 Å². The van der Waals surface area contributed by atoms with E-state index in [2.05, 4.69) is 0 Å². The summed E-state index contributed by atoms with van der Waals surface area (Å²) in [6.07, 6.45) is -1.68. The van der Waals surface area contributed by atoms with Crippen LogP contribution in [0.3, 0.4) is 0 Å². The highest BCUT2D eigenvalue weighted by molar-refractivity contribution is 5.72. The molecule has 1 amide bonds. The number of benzene rings is 2. The Balaban J connectivity index is 1.94. The molecule has 0 fully saturated rings. The summed E-state index contributed by atoms with van der Waals surface area (Å²) in [7, 11) is 0. The van der Waals surface area contributed by atoms with E-state index in [1.165, 1.54) is 11.8 Å². The van der Waals surface area contributed by atoms with E-state index in [1.54, 1.807) is 43.3 Å². The molecule has 0 radical (unpaired) electrons. The summed E-state index contributed by atoms with van der Waals surface area (Å²) in [5.41, 5.74) is 1.55. The molecule has 1 atom stereocenters. The molecule has 1 unspecified atom stereocenters. The fraction of sp³-hybridized carbons (Fsp3) is 0.481. The maximum Gasteiger partial charge on any atom is 0.415 e. The number of amides is 1. The summed E-state index contributed by atoms with van der Waals surface area (Å²) in [6.45, 7) is 4.70. The average molecular weight is 524 g/mol. The van der Waals surface area contributed by atoms with E-state index < -0.39 is 30.7 Å². The first-order chi connectivity index (χ1) is 17.6. The Morgan fingerprint density at radius 1 is 1.03 bits per heavy atom. The van der Waals surface area contributed by atoms with E-state index in [4.69, 9.17) is 18.9 Å². The molecule has 0 aromatic heterocycles. The van der Waals surface area contributed by atoms with Crippen LogP contribution in [0.25, 0.3) is 0 Å². The number of hydrogen-bond acceptors (Lipinski definition) is 6. The number of alkyl halides is 2. The SMILES string of the molecule is CCOC(Cc1ccc(OCCN(CCOCC(F)(F)CC)C(=O)Oc2ccccc2C)cc1)C(=O)O. The highest BCUT2D eigenvalue weighted by Crippen LogP contribution is 2.19. The lowest BCUT2D eigenvalue weighted by molar-refractivity contribution is -0.149. The molecule has 1 N–H and O–H groups in total. The average Bonchev–Trinajstić information content (AvgIpc) is 2.87. The van der Waals surface area contributed by atoms with E-state index in [0.717, 1.165) is 11.1 Å². The Bertz CT molecular complexity index is 985. The van der Waals surface area contributed by atoms with Crippen molar-refractivity contribution in [1.82, 2.24) is 4.90 Å². The van der Waals surface area contributed by atoms with Gasteiger partial charge in [0.05, 0.1) is 13.2 Å². The van der Waals surface area contributed by atoms with Crippen LogP contribution in [0.5, 0.6) is 11.5 Å². The molecule has 0 aliphatic carbocycles. The number of carboxylic acids is 1. The van der Waals surface area contributed by atoms with Crippen molar-refractivity contribution in [2.75, 3.05) is 39.5 Å². The number of carbonyl (C=O) groups excluding carboxylic acids is 1. The Labute approximate surface area is 216 Å². The number of aliphatic carboxylic acids is 1. The number of carboxylic acid groups (broad SMARTS) is 1. The van der Waals surface area contributed by atoms with Gasteiger partial charge in [0.1, 0.15) is 24.7 Å². The minimum Gasteiger partial charge on any atom is -0.492 e. The van der Waals surface area contributed by atoms with Crippen LogP contribution in [-0.4, -0.2) is 73.6 Å². The summed E-state index contributed by atoms with van der Waals surface area (Å²) in [5, 5.41) is 9.23. The molecule has 2 aromatic carbocycles. The van der Waals surface area contributed by atoms with Crippen molar-refractivity contribution in [2.45, 2.75) is 45.6 Å². The first-order valence-electron chi connectivity index (χ1n) is 12.2. The summed E-state index contributed by atoms with van der Waals surface area (Å²) in [6, 6.07) is 13.9. The van der Waals surface area contributed by atoms with Crippen molar-refractivity contribution in [3.05, 3.63) is 59.7 Å². The van der Waals surface area contributed by atoms with Crippen LogP contribution in [0.2, 0.25) is 0 Å². The molecule has 0 bridgehead atoms. The van der Waals surface area contributed by atoms with Crippen molar-refractivity contribution in [1.29, 1.82) is 0 Å². The van der Waals surface area contributed by atoms with E-state index >= 15 is 0 Å². The van der Waals surface area contributed by atoms with Gasteiger partial charge in [-0.05, 0) is 43.2 Å². The number of nitrogens with zero attached hydrogens (tertiary/aromatic N) is 1. The highest BCUT2D eigenvalue weighted by atomic mass is 19.3. The molecule has 0 heterocycles. The van der Waals surface area contributed by atoms with Gasteiger partial charge in [-0.15, -0.1) is 0 Å². The normalized spacial score (nSPS) is 12.1. The van der Waals surface area contributed by atoms with E-state index in [1.807, 2.05) is 19.1 Å². The zero-order valence-electron chi connectivity index (χ0n) is 21.5. The van der Waals surface area contributed by atoms with Gasteiger partial charge in [-0.1, -0.05) is 37.3 Å². The molecular weight excluding hydrogens is 488 g/mol. The van der Waals surface area contributed by atoms with Gasteiger partial charge in [-0.25, -0.2) is 18.4 Å². The Morgan fingerprint density at radius 2 is 1.70 bits per heavy atom. The topological polar surface area (TPSA) is 94.5 Å². The molecule has 2 aromatic rings. The number of para-hydroxylation sites is 1. The van der Waals surface area contributed by atoms with Gasteiger partial charge in [-0.2, -0.15) is 0 Å². The third-order valence-electron chi connectivity index (χ3n) is 5.50. The largest absolute Gasteiger partial charge is 0.492 e. The van der Waals surface area contributed by atoms with Gasteiger partial charge in [0, 0.05) is 26.0 Å². The Kier molecular flexibility index (Phi) is 12.2. The van der Waals surface area contributed by atoms with Crippen molar-refractivity contribution < 1.29 is 42.4 Å². The first-order valence-corrected chi connectivity index (χ1v) is 12.2. The molecular formula is C27H35F2NO7. The monoisotopic (exact) mass is 523 g/mol. The highest BCUT2D eigenvalue weighted by Gasteiger charge is 2.26. The number of ether oxygens (including phenoxy) is 4. The fourth-order valence-corrected chi connectivity index (χ4v) is 3.25. The molecule has 0 saturated carbocycles. The Morgan fingerprint density at radius 3 is 2.32 bits per heavy atom. The second kappa shape index (κ2) is 15.1. The summed E-state index contributed by atoms with van der Waals surface area (Å²) < 4.78 is 48.5. The summed E-state index contributed by atoms with van der Waals surface area (Å²) in [5.74, 6) is -3.02. The molecule has 0 saturated heterocycles. The van der Waals surface area contributed by atoms with Crippen LogP contribution in [0.1, 0.15) is 31.4 Å². The van der Waals surface area contributed by atoms with Crippen LogP contribution >= 0.6 is 0 Å². The summed E-state index contributed by atoms with van der Waals surface area (Å²) >= 11 is 0. The lowest BCUT2D eigenvalue weighted by Crippen LogP contribution is -2.39. The van der Waals surface area contributed by atoms with Crippen LogP contribution in [0.15, 0.2) is 48.5 Å². The smallest absolute Gasteiger partial charge is 0.415 e. The van der Waals surface area contributed by atoms with Gasteiger partial charge >= 0.3 is 12.1 Å². The predicted molar refractivity (Wildman–Crippen MR) is 134 cm³/mol. The van der Waals surface area contributed by atoms with Gasteiger partial charge in [0.2, 0.25) is 0 Å². The van der Waals surface area contributed by atoms with E-state index in [-0.39, 0.29) is 39.1 Å². The second-order valence-electron chi connectivity index (χ2n) is 8.36. The molecule has 2 rings (SSSR count). The second-order valence-corrected chi connectivity index (χ2v) is 8.36. The van der Waals surface area contributed by atoms with E-state index in [9.17, 15) is 23.5 Å². The number of halogens is 2. The zero-order chi connectivity index (χ0) is 27.3. The Hall–Kier alpha value is -3.24. The minimum absolute atomic E-state index is 0.0425. The molecule has 204 valence electrons. The van der Waals surface area contributed by atoms with Crippen LogP contribution in [-0.2, 0) is 20.7 Å². The van der Waals surface area contributed by atoms with Gasteiger partial charge < -0.3 is 29.0 Å². The molecule has 0 aliphatic rings. The maximum atomic E-state index is 13.4. The van der Waals surface area contributed by atoms with E-state index in [0.29, 0.717) is 18.1 Å². The number of carbonyl (C=O) groups is 2. The van der Waals surface area contributed by atoms with Gasteiger partial charge in [0.25, 0.3) is 5.92 Å². The first kappa shape index (κ1) is 30.0. The molecule has 10 heteroatoms. The molecule has 8 nitrogen and oxygen atoms in total. The number of aryl methyl sites for hydroxylation is 1. The van der Waals surface area contributed by atoms with Crippen LogP contribution in [0.4, 0.5) is 13.6 Å². The minimum atomic E-state index is -2.92. The van der Waals surface area contributed by atoms with Crippen LogP contribution < -0.4 is 9.47 Å². The predicted octanol–water partition coefficient (Wildman–Crippen LogP) is 4.97. The molecule has 0 aliphatic heterocycles. The number of hydrogen-bond donors (Lipinski definition) is 1. The third-order valence-corrected chi connectivity index (χ3v) is 5.50. The number of rotatable bonds is 16. The van der Waals surface area contributed by atoms with Crippen molar-refractivity contribution in [2.24, 2.45) is 0 Å². The molecule has 0 spiro atoms. The maximum absolute atomic E-state index is 13.4. The fourth-order valence-electron chi connectivity index (χ4n) is 3.25. The lowest BCUT2D eigenvalue weighted by atomic mass is 10.1. The third kappa shape index (κ3) is 10.7. The quantitative estimate of drug-likeness (QED) is 0.311. The lowest BCUT2D eigenvalue weighted by Gasteiger charge is -2.23. The van der Waals surface area contributed by atoms with Crippen LogP contribution in [0, 0.1) is 6.92 Å². The molecule has 37 heavy (non-hydrogen) atoms. The zero-order valence-corrected chi connectivity index (χ0v) is 21.5. The van der Waals surface area contributed by atoms with Crippen molar-refractivity contribution >= 4 is 12.1 Å².